The van der Waals surface area contributed by atoms with Crippen LogP contribution < -0.4 is 10.6 Å². The van der Waals surface area contributed by atoms with E-state index in [0.29, 0.717) is 11.4 Å². The molecule has 4 heteroatoms. The number of anilines is 2. The van der Waals surface area contributed by atoms with Crippen LogP contribution in [0, 0.1) is 12.7 Å². The second kappa shape index (κ2) is 5.40. The SMILES string of the molecule is Cc1ccsc1CCN(C)c1c(N)cccc1F. The molecule has 0 aliphatic rings. The van der Waals surface area contributed by atoms with Crippen LogP contribution in [0.1, 0.15) is 10.4 Å². The summed E-state index contributed by atoms with van der Waals surface area (Å²) in [4.78, 5) is 3.22. The molecule has 0 aliphatic heterocycles. The van der Waals surface area contributed by atoms with Crippen molar-refractivity contribution in [3.63, 3.8) is 0 Å². The normalized spacial score (nSPS) is 10.6. The molecule has 2 aromatic rings. The maximum Gasteiger partial charge on any atom is 0.148 e. The van der Waals surface area contributed by atoms with Crippen molar-refractivity contribution < 1.29 is 4.39 Å². The zero-order valence-corrected chi connectivity index (χ0v) is 11.4. The summed E-state index contributed by atoms with van der Waals surface area (Å²) >= 11 is 1.74. The van der Waals surface area contributed by atoms with E-state index in [1.54, 1.807) is 23.5 Å². The third-order valence-corrected chi connectivity index (χ3v) is 4.12. The number of aryl methyl sites for hydroxylation is 1. The standard InChI is InChI=1S/C14H17FN2S/c1-10-7-9-18-13(10)6-8-17(2)14-11(15)4-3-5-12(14)16/h3-5,7,9H,6,8,16H2,1-2H3. The van der Waals surface area contributed by atoms with Crippen LogP contribution >= 0.6 is 11.3 Å². The zero-order chi connectivity index (χ0) is 13.1. The molecule has 2 rings (SSSR count). The van der Waals surface area contributed by atoms with Gasteiger partial charge >= 0.3 is 0 Å². The summed E-state index contributed by atoms with van der Waals surface area (Å²) in [6.45, 7) is 2.86. The molecule has 0 atom stereocenters. The molecule has 0 saturated heterocycles. The van der Waals surface area contributed by atoms with Crippen molar-refractivity contribution in [2.24, 2.45) is 0 Å². The second-order valence-electron chi connectivity index (χ2n) is 4.38. The number of nitrogen functional groups attached to an aromatic ring is 1. The van der Waals surface area contributed by atoms with Gasteiger partial charge in [0.15, 0.2) is 0 Å². The van der Waals surface area contributed by atoms with Crippen LogP contribution in [0.25, 0.3) is 0 Å². The lowest BCUT2D eigenvalue weighted by Gasteiger charge is -2.21. The largest absolute Gasteiger partial charge is 0.397 e. The molecule has 1 aromatic carbocycles. The van der Waals surface area contributed by atoms with Crippen molar-refractivity contribution in [3.8, 4) is 0 Å². The van der Waals surface area contributed by atoms with Crippen LogP contribution in [0.2, 0.25) is 0 Å². The number of nitrogens with two attached hydrogens (primary N) is 1. The third kappa shape index (κ3) is 2.64. The Morgan fingerprint density at radius 2 is 2.11 bits per heavy atom. The average molecular weight is 264 g/mol. The van der Waals surface area contributed by atoms with Crippen LogP contribution in [0.4, 0.5) is 15.8 Å². The number of para-hydroxylation sites is 1. The fraction of sp³-hybridized carbons (Fsp3) is 0.286. The first-order valence-corrected chi connectivity index (χ1v) is 6.75. The van der Waals surface area contributed by atoms with Gasteiger partial charge in [0, 0.05) is 18.5 Å². The fourth-order valence-electron chi connectivity index (χ4n) is 1.98. The highest BCUT2D eigenvalue weighted by Gasteiger charge is 2.11. The highest BCUT2D eigenvalue weighted by Crippen LogP contribution is 2.26. The van der Waals surface area contributed by atoms with Gasteiger partial charge in [-0.25, -0.2) is 4.39 Å². The summed E-state index contributed by atoms with van der Waals surface area (Å²) in [6.07, 6.45) is 0.910. The lowest BCUT2D eigenvalue weighted by atomic mass is 10.2. The van der Waals surface area contributed by atoms with Crippen molar-refractivity contribution in [2.45, 2.75) is 13.3 Å². The van der Waals surface area contributed by atoms with E-state index in [-0.39, 0.29) is 5.82 Å². The first-order valence-electron chi connectivity index (χ1n) is 5.87. The summed E-state index contributed by atoms with van der Waals surface area (Å²) < 4.78 is 13.7. The van der Waals surface area contributed by atoms with Crippen molar-refractivity contribution in [2.75, 3.05) is 24.2 Å². The smallest absolute Gasteiger partial charge is 0.148 e. The molecule has 0 radical (unpaired) electrons. The predicted octanol–water partition coefficient (Wildman–Crippen LogP) is 3.46. The van der Waals surface area contributed by atoms with E-state index in [2.05, 4.69) is 18.4 Å². The highest BCUT2D eigenvalue weighted by molar-refractivity contribution is 7.10. The Kier molecular flexibility index (Phi) is 3.87. The monoisotopic (exact) mass is 264 g/mol. The van der Waals surface area contributed by atoms with Gasteiger partial charge < -0.3 is 10.6 Å². The van der Waals surface area contributed by atoms with Crippen molar-refractivity contribution in [3.05, 3.63) is 45.9 Å². The lowest BCUT2D eigenvalue weighted by molar-refractivity contribution is 0.623. The number of rotatable bonds is 4. The third-order valence-electron chi connectivity index (χ3n) is 3.04. The Labute approximate surface area is 111 Å². The molecule has 18 heavy (non-hydrogen) atoms. The van der Waals surface area contributed by atoms with E-state index in [1.165, 1.54) is 16.5 Å². The lowest BCUT2D eigenvalue weighted by Crippen LogP contribution is -2.22. The van der Waals surface area contributed by atoms with E-state index >= 15 is 0 Å². The van der Waals surface area contributed by atoms with Crippen LogP contribution in [0.5, 0.6) is 0 Å². The number of likely N-dealkylation sites (N-methyl/N-ethyl adjacent to an activating group) is 1. The van der Waals surface area contributed by atoms with E-state index in [4.69, 9.17) is 5.73 Å². The van der Waals surface area contributed by atoms with Gasteiger partial charge in [-0.1, -0.05) is 6.07 Å². The van der Waals surface area contributed by atoms with Gasteiger partial charge in [-0.05, 0) is 42.5 Å². The summed E-state index contributed by atoms with van der Waals surface area (Å²) in [5, 5.41) is 2.09. The maximum atomic E-state index is 13.7. The fourth-order valence-corrected chi connectivity index (χ4v) is 2.88. The van der Waals surface area contributed by atoms with Crippen LogP contribution in [-0.4, -0.2) is 13.6 Å². The number of hydrogen-bond acceptors (Lipinski definition) is 3. The number of hydrogen-bond donors (Lipinski definition) is 1. The predicted molar refractivity (Wildman–Crippen MR) is 76.8 cm³/mol. The average Bonchev–Trinajstić information content (AvgIpc) is 2.72. The Balaban J connectivity index is 2.08. The minimum Gasteiger partial charge on any atom is -0.397 e. The van der Waals surface area contributed by atoms with Gasteiger partial charge in [-0.15, -0.1) is 11.3 Å². The maximum absolute atomic E-state index is 13.7. The molecule has 1 aromatic heterocycles. The molecule has 0 spiro atoms. The van der Waals surface area contributed by atoms with E-state index < -0.39 is 0 Å². The van der Waals surface area contributed by atoms with Gasteiger partial charge in [0.05, 0.1) is 11.4 Å². The summed E-state index contributed by atoms with van der Waals surface area (Å²) in [5.41, 5.74) is 8.10. The Morgan fingerprint density at radius 1 is 1.33 bits per heavy atom. The molecule has 96 valence electrons. The molecular formula is C14H17FN2S. The molecule has 2 N–H and O–H groups in total. The molecule has 0 unspecified atom stereocenters. The zero-order valence-electron chi connectivity index (χ0n) is 10.6. The molecule has 0 bridgehead atoms. The van der Waals surface area contributed by atoms with E-state index in [0.717, 1.165) is 13.0 Å². The molecule has 0 amide bonds. The number of nitrogens with zero attached hydrogens (tertiary/aromatic N) is 1. The van der Waals surface area contributed by atoms with Crippen molar-refractivity contribution in [1.82, 2.24) is 0 Å². The van der Waals surface area contributed by atoms with E-state index in [1.807, 2.05) is 11.9 Å². The van der Waals surface area contributed by atoms with E-state index in [9.17, 15) is 4.39 Å². The topological polar surface area (TPSA) is 29.3 Å². The minimum absolute atomic E-state index is 0.264. The van der Waals surface area contributed by atoms with Gasteiger partial charge in [0.25, 0.3) is 0 Å². The van der Waals surface area contributed by atoms with Gasteiger partial charge in [0.1, 0.15) is 5.82 Å². The highest BCUT2D eigenvalue weighted by atomic mass is 32.1. The number of benzene rings is 1. The van der Waals surface area contributed by atoms with Crippen molar-refractivity contribution >= 4 is 22.7 Å². The Morgan fingerprint density at radius 3 is 2.72 bits per heavy atom. The number of thiophene rings is 1. The second-order valence-corrected chi connectivity index (χ2v) is 5.38. The first-order chi connectivity index (χ1) is 8.59. The van der Waals surface area contributed by atoms with Gasteiger partial charge in [-0.3, -0.25) is 0 Å². The van der Waals surface area contributed by atoms with Crippen LogP contribution in [-0.2, 0) is 6.42 Å². The first kappa shape index (κ1) is 12.9. The number of halogens is 1. The van der Waals surface area contributed by atoms with Crippen LogP contribution in [0.3, 0.4) is 0 Å². The van der Waals surface area contributed by atoms with Crippen LogP contribution in [0.15, 0.2) is 29.6 Å². The summed E-state index contributed by atoms with van der Waals surface area (Å²) in [6, 6.07) is 6.91. The summed E-state index contributed by atoms with van der Waals surface area (Å²) in [7, 11) is 1.87. The molecule has 2 nitrogen and oxygen atoms in total. The summed E-state index contributed by atoms with van der Waals surface area (Å²) in [5.74, 6) is -0.264. The Hall–Kier alpha value is -1.55. The quantitative estimate of drug-likeness (QED) is 0.857. The molecule has 1 heterocycles. The molecule has 0 saturated carbocycles. The molecule has 0 fully saturated rings. The Bertz CT molecular complexity index is 516. The van der Waals surface area contributed by atoms with Crippen molar-refractivity contribution in [1.29, 1.82) is 0 Å². The molecular weight excluding hydrogens is 247 g/mol. The molecule has 0 aliphatic carbocycles. The van der Waals surface area contributed by atoms with Gasteiger partial charge in [-0.2, -0.15) is 0 Å². The van der Waals surface area contributed by atoms with Gasteiger partial charge in [0.2, 0.25) is 0 Å². The minimum atomic E-state index is -0.264.